The van der Waals surface area contributed by atoms with Gasteiger partial charge in [-0.3, -0.25) is 19.5 Å². The van der Waals surface area contributed by atoms with Gasteiger partial charge >= 0.3 is 0 Å². The lowest BCUT2D eigenvalue weighted by molar-refractivity contribution is -0.138. The van der Waals surface area contributed by atoms with Gasteiger partial charge in [0.2, 0.25) is 0 Å². The van der Waals surface area contributed by atoms with Crippen LogP contribution >= 0.6 is 11.6 Å². The number of nitrogens with zero attached hydrogens (tertiary/aromatic N) is 3. The zero-order chi connectivity index (χ0) is 18.8. The molecule has 138 valence electrons. The molecule has 1 saturated heterocycles. The molecule has 0 aliphatic carbocycles. The number of hydrogen-bond donors (Lipinski definition) is 0. The molecule has 0 spiro atoms. The van der Waals surface area contributed by atoms with Gasteiger partial charge in [0.1, 0.15) is 5.70 Å². The van der Waals surface area contributed by atoms with Crippen LogP contribution in [0.2, 0.25) is 5.02 Å². The third kappa shape index (κ3) is 3.47. The van der Waals surface area contributed by atoms with E-state index in [9.17, 15) is 9.59 Å². The van der Waals surface area contributed by atoms with Crippen LogP contribution < -0.4 is 0 Å². The fourth-order valence-corrected chi connectivity index (χ4v) is 3.79. The fraction of sp³-hybridized carbons (Fsp3) is 0.286. The minimum absolute atomic E-state index is 0.222. The van der Waals surface area contributed by atoms with Gasteiger partial charge in [-0.25, -0.2) is 0 Å². The molecule has 27 heavy (non-hydrogen) atoms. The number of benzene rings is 1. The lowest BCUT2D eigenvalue weighted by Crippen LogP contribution is -2.36. The molecule has 1 aromatic heterocycles. The van der Waals surface area contributed by atoms with E-state index >= 15 is 0 Å². The molecule has 4 rings (SSSR count). The summed E-state index contributed by atoms with van der Waals surface area (Å²) in [7, 11) is 0. The number of carbonyl (C=O) groups is 2. The maximum atomic E-state index is 13.2. The molecular formula is C21H20ClN3O2. The molecule has 1 aromatic carbocycles. The molecule has 6 heteroatoms. The molecule has 0 bridgehead atoms. The number of halogens is 1. The molecule has 5 nitrogen and oxygen atoms in total. The van der Waals surface area contributed by atoms with E-state index in [2.05, 4.69) is 9.88 Å². The number of pyridine rings is 1. The van der Waals surface area contributed by atoms with E-state index in [1.54, 1.807) is 42.7 Å². The summed E-state index contributed by atoms with van der Waals surface area (Å²) in [6, 6.07) is 10.8. The summed E-state index contributed by atoms with van der Waals surface area (Å²) in [5.41, 5.74) is 2.55. The average Bonchev–Trinajstić information content (AvgIpc) is 2.95. The Bertz CT molecular complexity index is 887. The van der Waals surface area contributed by atoms with Crippen LogP contribution in [0.3, 0.4) is 0 Å². The summed E-state index contributed by atoms with van der Waals surface area (Å²) >= 11 is 6.01. The normalized spacial score (nSPS) is 17.8. The van der Waals surface area contributed by atoms with Crippen molar-refractivity contribution in [3.63, 3.8) is 0 Å². The number of hydrogen-bond acceptors (Lipinski definition) is 4. The van der Waals surface area contributed by atoms with Crippen molar-refractivity contribution in [1.29, 1.82) is 0 Å². The first-order chi connectivity index (χ1) is 13.1. The minimum Gasteiger partial charge on any atom is -0.366 e. The number of likely N-dealkylation sites (tertiary alicyclic amines) is 1. The molecule has 0 N–H and O–H groups in total. The van der Waals surface area contributed by atoms with Crippen LogP contribution in [0.5, 0.6) is 0 Å². The van der Waals surface area contributed by atoms with E-state index in [1.807, 2.05) is 6.07 Å². The Morgan fingerprint density at radius 3 is 2.37 bits per heavy atom. The molecule has 3 heterocycles. The predicted octanol–water partition coefficient (Wildman–Crippen LogP) is 3.50. The standard InChI is InChI=1S/C21H20ClN3O2/c22-17-8-6-16(7-9-17)18-19(24-11-2-1-3-12-24)21(27)25(20(18)26)14-15-5-4-10-23-13-15/h4-10,13H,1-3,11-12,14H2. The molecule has 0 saturated carbocycles. The van der Waals surface area contributed by atoms with Crippen LogP contribution in [0.15, 0.2) is 54.5 Å². The summed E-state index contributed by atoms with van der Waals surface area (Å²) in [5.74, 6) is -0.484. The highest BCUT2D eigenvalue weighted by Gasteiger charge is 2.41. The number of piperidine rings is 1. The van der Waals surface area contributed by atoms with Crippen LogP contribution in [0, 0.1) is 0 Å². The van der Waals surface area contributed by atoms with E-state index in [0.29, 0.717) is 16.3 Å². The molecule has 0 atom stereocenters. The predicted molar refractivity (Wildman–Crippen MR) is 104 cm³/mol. The summed E-state index contributed by atoms with van der Waals surface area (Å²) in [6.07, 6.45) is 6.57. The third-order valence-electron chi connectivity index (χ3n) is 5.01. The van der Waals surface area contributed by atoms with Crippen LogP contribution in [0.25, 0.3) is 5.57 Å². The SMILES string of the molecule is O=C1C(c2ccc(Cl)cc2)=C(N2CCCCC2)C(=O)N1Cc1cccnc1. The summed E-state index contributed by atoms with van der Waals surface area (Å²) < 4.78 is 0. The highest BCUT2D eigenvalue weighted by Crippen LogP contribution is 2.34. The van der Waals surface area contributed by atoms with Gasteiger partial charge in [-0.15, -0.1) is 0 Å². The quantitative estimate of drug-likeness (QED) is 0.760. The Labute approximate surface area is 163 Å². The maximum Gasteiger partial charge on any atom is 0.278 e. The smallest absolute Gasteiger partial charge is 0.278 e. The van der Waals surface area contributed by atoms with Crippen LogP contribution in [-0.2, 0) is 16.1 Å². The Kier molecular flexibility index (Phi) is 4.94. The van der Waals surface area contributed by atoms with Crippen molar-refractivity contribution in [3.8, 4) is 0 Å². The number of aromatic nitrogens is 1. The molecule has 2 amide bonds. The van der Waals surface area contributed by atoms with Crippen molar-refractivity contribution in [2.75, 3.05) is 13.1 Å². The van der Waals surface area contributed by atoms with Crippen molar-refractivity contribution in [2.24, 2.45) is 0 Å². The number of rotatable bonds is 4. The van der Waals surface area contributed by atoms with Crippen molar-refractivity contribution in [2.45, 2.75) is 25.8 Å². The zero-order valence-corrected chi connectivity index (χ0v) is 15.7. The second-order valence-electron chi connectivity index (χ2n) is 6.84. The van der Waals surface area contributed by atoms with Gasteiger partial charge in [0.25, 0.3) is 11.8 Å². The maximum absolute atomic E-state index is 13.2. The highest BCUT2D eigenvalue weighted by molar-refractivity contribution is 6.35. The van der Waals surface area contributed by atoms with Gasteiger partial charge in [-0.05, 0) is 48.6 Å². The van der Waals surface area contributed by atoms with Gasteiger partial charge in [0.15, 0.2) is 0 Å². The summed E-state index contributed by atoms with van der Waals surface area (Å²) in [5, 5.41) is 0.600. The molecule has 0 radical (unpaired) electrons. The number of amides is 2. The van der Waals surface area contributed by atoms with Crippen molar-refractivity contribution in [1.82, 2.24) is 14.8 Å². The summed E-state index contributed by atoms with van der Waals surface area (Å²) in [6.45, 7) is 1.82. The zero-order valence-electron chi connectivity index (χ0n) is 14.9. The molecule has 0 unspecified atom stereocenters. The van der Waals surface area contributed by atoms with Gasteiger partial charge < -0.3 is 4.90 Å². The van der Waals surface area contributed by atoms with Crippen LogP contribution in [0.1, 0.15) is 30.4 Å². The topological polar surface area (TPSA) is 53.5 Å². The fourth-order valence-electron chi connectivity index (χ4n) is 3.67. The van der Waals surface area contributed by atoms with E-state index in [-0.39, 0.29) is 18.4 Å². The van der Waals surface area contributed by atoms with Crippen molar-refractivity contribution >= 4 is 29.0 Å². The summed E-state index contributed by atoms with van der Waals surface area (Å²) in [4.78, 5) is 33.9. The number of imide groups is 1. The first kappa shape index (κ1) is 17.7. The lowest BCUT2D eigenvalue weighted by Gasteiger charge is -2.29. The van der Waals surface area contributed by atoms with E-state index in [0.717, 1.165) is 43.5 Å². The second kappa shape index (κ2) is 7.53. The third-order valence-corrected chi connectivity index (χ3v) is 5.26. The Hall–Kier alpha value is -2.66. The molecule has 2 aliphatic rings. The van der Waals surface area contributed by atoms with Crippen molar-refractivity contribution in [3.05, 3.63) is 70.6 Å². The van der Waals surface area contributed by atoms with E-state index < -0.39 is 0 Å². The minimum atomic E-state index is -0.258. The second-order valence-corrected chi connectivity index (χ2v) is 7.27. The van der Waals surface area contributed by atoms with E-state index in [4.69, 9.17) is 11.6 Å². The Balaban J connectivity index is 1.73. The molecule has 2 aromatic rings. The Morgan fingerprint density at radius 1 is 0.963 bits per heavy atom. The van der Waals surface area contributed by atoms with Gasteiger partial charge in [0, 0.05) is 30.5 Å². The Morgan fingerprint density at radius 2 is 1.70 bits per heavy atom. The van der Waals surface area contributed by atoms with Gasteiger partial charge in [-0.2, -0.15) is 0 Å². The lowest BCUT2D eigenvalue weighted by atomic mass is 10.0. The molecule has 1 fully saturated rings. The molecule has 2 aliphatic heterocycles. The first-order valence-corrected chi connectivity index (χ1v) is 9.53. The van der Waals surface area contributed by atoms with Crippen LogP contribution in [-0.4, -0.2) is 39.7 Å². The van der Waals surface area contributed by atoms with E-state index in [1.165, 1.54) is 4.90 Å². The van der Waals surface area contributed by atoms with Crippen molar-refractivity contribution < 1.29 is 9.59 Å². The average molecular weight is 382 g/mol. The van der Waals surface area contributed by atoms with Crippen LogP contribution in [0.4, 0.5) is 0 Å². The van der Waals surface area contributed by atoms with Gasteiger partial charge in [-0.1, -0.05) is 29.8 Å². The molecular weight excluding hydrogens is 362 g/mol. The highest BCUT2D eigenvalue weighted by atomic mass is 35.5. The largest absolute Gasteiger partial charge is 0.366 e. The monoisotopic (exact) mass is 381 g/mol. The number of carbonyl (C=O) groups excluding carboxylic acids is 2. The van der Waals surface area contributed by atoms with Gasteiger partial charge in [0.05, 0.1) is 12.1 Å². The first-order valence-electron chi connectivity index (χ1n) is 9.15.